The second-order valence-electron chi connectivity index (χ2n) is 7.58. The van der Waals surface area contributed by atoms with Gasteiger partial charge >= 0.3 is 0 Å². The molecule has 0 radical (unpaired) electrons. The van der Waals surface area contributed by atoms with Gasteiger partial charge in [0.05, 0.1) is 49.3 Å². The Balaban J connectivity index is 1.94. The highest BCUT2D eigenvalue weighted by Gasteiger charge is 2.23. The fraction of sp³-hybridized carbons (Fsp3) is 0.350. The molecule has 1 aliphatic rings. The summed E-state index contributed by atoms with van der Waals surface area (Å²) in [6.07, 6.45) is 1.69. The molecule has 3 aromatic rings. The molecule has 1 aromatic carbocycles. The van der Waals surface area contributed by atoms with Gasteiger partial charge in [0.25, 0.3) is 11.8 Å². The average Bonchev–Trinajstić information content (AvgIpc) is 3.04. The number of aryl methyl sites for hydroxylation is 1. The van der Waals surface area contributed by atoms with Gasteiger partial charge in [-0.2, -0.15) is 4.98 Å². The van der Waals surface area contributed by atoms with E-state index in [4.69, 9.17) is 21.1 Å². The second-order valence-corrected chi connectivity index (χ2v) is 7.58. The van der Waals surface area contributed by atoms with Crippen LogP contribution >= 0.6 is 0 Å². The first-order valence-electron chi connectivity index (χ1n) is 9.78. The molecule has 31 heavy (non-hydrogen) atoms. The summed E-state index contributed by atoms with van der Waals surface area (Å²) < 4.78 is 12.9. The van der Waals surface area contributed by atoms with Crippen molar-refractivity contribution >= 4 is 34.4 Å². The van der Waals surface area contributed by atoms with Gasteiger partial charge in [-0.25, -0.2) is 10.8 Å². The number of carbonyl (C=O) groups excluding carboxylic acids is 1. The summed E-state index contributed by atoms with van der Waals surface area (Å²) in [6, 6.07) is 3.53. The number of nitrogens with zero attached hydrogens (tertiary/aromatic N) is 4. The minimum absolute atomic E-state index is 0.216. The Kier molecular flexibility index (Phi) is 5.29. The van der Waals surface area contributed by atoms with Gasteiger partial charge in [0.15, 0.2) is 5.82 Å². The normalized spacial score (nSPS) is 16.5. The number of nitrogens with two attached hydrogens (primary N) is 2. The zero-order chi connectivity index (χ0) is 22.3. The first-order valence-corrected chi connectivity index (χ1v) is 9.78. The van der Waals surface area contributed by atoms with Gasteiger partial charge in [-0.1, -0.05) is 0 Å². The molecule has 3 heterocycles. The highest BCUT2D eigenvalue weighted by molar-refractivity contribution is 5.95. The smallest absolute Gasteiger partial charge is 0.270 e. The molecule has 1 aliphatic heterocycles. The van der Waals surface area contributed by atoms with Crippen LogP contribution in [0.1, 0.15) is 28.7 Å². The monoisotopic (exact) mass is 426 g/mol. The highest BCUT2D eigenvalue weighted by atomic mass is 16.5. The number of imidazole rings is 1. The summed E-state index contributed by atoms with van der Waals surface area (Å²) in [6.45, 7) is 4.30. The van der Waals surface area contributed by atoms with Gasteiger partial charge in [0, 0.05) is 13.1 Å². The van der Waals surface area contributed by atoms with Crippen LogP contribution in [0.4, 0.5) is 22.9 Å². The van der Waals surface area contributed by atoms with E-state index in [9.17, 15) is 4.79 Å². The minimum atomic E-state index is -0.262. The Morgan fingerprint density at radius 1 is 1.35 bits per heavy atom. The Bertz CT molecular complexity index is 1160. The van der Waals surface area contributed by atoms with Gasteiger partial charge in [0.2, 0.25) is 5.65 Å². The van der Waals surface area contributed by atoms with E-state index in [1.807, 2.05) is 19.1 Å². The molecule has 11 heteroatoms. The summed E-state index contributed by atoms with van der Waals surface area (Å²) in [5, 5.41) is 7.63. The number of aromatic nitrogens is 3. The lowest BCUT2D eigenvalue weighted by atomic mass is 10.1. The molecule has 11 nitrogen and oxygen atoms in total. The summed E-state index contributed by atoms with van der Waals surface area (Å²) in [5.74, 6) is 6.42. The van der Waals surface area contributed by atoms with Crippen LogP contribution in [0.25, 0.3) is 5.65 Å². The molecular weight excluding hydrogens is 400 g/mol. The third-order valence-electron chi connectivity index (χ3n) is 5.03. The fourth-order valence-electron chi connectivity index (χ4n) is 3.60. The molecule has 0 aliphatic carbocycles. The van der Waals surface area contributed by atoms with Crippen LogP contribution in [0.5, 0.6) is 5.88 Å². The van der Waals surface area contributed by atoms with Crippen molar-refractivity contribution in [2.45, 2.75) is 26.5 Å². The molecule has 164 valence electrons. The Hall–Kier alpha value is -3.57. The number of hydrogen-bond acceptors (Lipinski definition) is 9. The highest BCUT2D eigenvalue weighted by Crippen LogP contribution is 2.34. The maximum Gasteiger partial charge on any atom is 0.270 e. The predicted octanol–water partition coefficient (Wildman–Crippen LogP) is 1.33. The number of fused-ring (bicyclic) bond motifs is 3. The van der Waals surface area contributed by atoms with Crippen molar-refractivity contribution in [3.63, 3.8) is 0 Å². The Labute approximate surface area is 179 Å². The van der Waals surface area contributed by atoms with Gasteiger partial charge in [-0.15, -0.1) is 0 Å². The van der Waals surface area contributed by atoms with Crippen LogP contribution in [0.2, 0.25) is 0 Å². The number of hydrogen-bond donors (Lipinski definition) is 4. The zero-order valence-corrected chi connectivity index (χ0v) is 17.9. The maximum absolute atomic E-state index is 13.0. The van der Waals surface area contributed by atoms with E-state index >= 15 is 0 Å². The van der Waals surface area contributed by atoms with Crippen molar-refractivity contribution in [1.82, 2.24) is 19.7 Å². The quantitative estimate of drug-likeness (QED) is 0.271. The summed E-state index contributed by atoms with van der Waals surface area (Å²) in [5.41, 5.74) is 10.3. The van der Waals surface area contributed by atoms with Crippen molar-refractivity contribution in [2.24, 2.45) is 5.84 Å². The van der Waals surface area contributed by atoms with Crippen molar-refractivity contribution in [3.8, 4) is 5.88 Å². The molecular formula is C20H26N8O3. The Morgan fingerprint density at radius 3 is 2.84 bits per heavy atom. The van der Waals surface area contributed by atoms with E-state index in [1.54, 1.807) is 24.6 Å². The van der Waals surface area contributed by atoms with E-state index in [0.29, 0.717) is 53.1 Å². The molecule has 0 spiro atoms. The van der Waals surface area contributed by atoms with E-state index in [0.717, 1.165) is 5.56 Å². The predicted molar refractivity (Wildman–Crippen MR) is 118 cm³/mol. The lowest BCUT2D eigenvalue weighted by molar-refractivity contribution is 0.0815. The van der Waals surface area contributed by atoms with Crippen LogP contribution < -0.4 is 32.0 Å². The average molecular weight is 426 g/mol. The number of amides is 1. The largest absolute Gasteiger partial charge is 0.478 e. The molecule has 1 atom stereocenters. The Morgan fingerprint density at radius 2 is 2.13 bits per heavy atom. The molecule has 1 unspecified atom stereocenters. The van der Waals surface area contributed by atoms with E-state index in [1.165, 1.54) is 12.1 Å². The molecule has 1 amide bonds. The molecule has 0 fully saturated rings. The summed E-state index contributed by atoms with van der Waals surface area (Å²) in [4.78, 5) is 22.0. The number of hydrazine groups is 1. The van der Waals surface area contributed by atoms with Crippen molar-refractivity contribution < 1.29 is 14.3 Å². The maximum atomic E-state index is 13.0. The van der Waals surface area contributed by atoms with Crippen LogP contribution in [-0.4, -0.2) is 47.1 Å². The minimum Gasteiger partial charge on any atom is -0.478 e. The first kappa shape index (κ1) is 20.7. The summed E-state index contributed by atoms with van der Waals surface area (Å²) in [7, 11) is 3.22. The number of anilines is 4. The van der Waals surface area contributed by atoms with E-state index in [-0.39, 0.29) is 17.8 Å². The molecule has 2 aromatic heterocycles. The number of benzene rings is 1. The SMILES string of the molecule is COc1nc2cn3c(c(C)nc13)C(=O)NC(C)COCc1cc(c(N)c(N(C)N)c1)N2. The van der Waals surface area contributed by atoms with Crippen LogP contribution in [-0.2, 0) is 11.3 Å². The van der Waals surface area contributed by atoms with E-state index in [2.05, 4.69) is 20.6 Å². The number of nitrogen functional groups attached to an aromatic ring is 1. The van der Waals surface area contributed by atoms with Gasteiger partial charge in [0.1, 0.15) is 5.69 Å². The third-order valence-corrected chi connectivity index (χ3v) is 5.03. The zero-order valence-electron chi connectivity index (χ0n) is 17.9. The molecule has 6 N–H and O–H groups in total. The van der Waals surface area contributed by atoms with Gasteiger partial charge < -0.3 is 30.8 Å². The first-order chi connectivity index (χ1) is 14.8. The molecule has 0 saturated carbocycles. The lowest BCUT2D eigenvalue weighted by Gasteiger charge is -2.21. The van der Waals surface area contributed by atoms with Crippen molar-refractivity contribution in [2.75, 3.05) is 36.8 Å². The molecule has 0 saturated heterocycles. The van der Waals surface area contributed by atoms with Crippen molar-refractivity contribution in [3.05, 3.63) is 35.3 Å². The van der Waals surface area contributed by atoms with Crippen molar-refractivity contribution in [1.29, 1.82) is 0 Å². The van der Waals surface area contributed by atoms with Gasteiger partial charge in [-0.05, 0) is 31.5 Å². The number of nitrogens with one attached hydrogen (secondary N) is 2. The third kappa shape index (κ3) is 3.80. The number of methoxy groups -OCH3 is 1. The number of rotatable bonds is 2. The van der Waals surface area contributed by atoms with E-state index < -0.39 is 0 Å². The summed E-state index contributed by atoms with van der Waals surface area (Å²) >= 11 is 0. The standard InChI is InChI=1S/C20H26N8O3/c1-10-8-31-9-12-5-13(16(21)14(6-12)27(3)22)25-15-7-28-17(19(29)23-10)11(2)24-18(28)20(26-15)30-4/h5-7,10,25H,8-9,21-22H2,1-4H3,(H,23,29). The van der Waals surface area contributed by atoms with Crippen LogP contribution in [0.3, 0.4) is 0 Å². The van der Waals surface area contributed by atoms with Gasteiger partial charge in [-0.3, -0.25) is 9.20 Å². The second kappa shape index (κ2) is 7.93. The lowest BCUT2D eigenvalue weighted by Crippen LogP contribution is -2.36. The van der Waals surface area contributed by atoms with Crippen LogP contribution in [0.15, 0.2) is 18.3 Å². The number of carbonyl (C=O) groups is 1. The fourth-order valence-corrected chi connectivity index (χ4v) is 3.60. The molecule has 4 bridgehead atoms. The topological polar surface area (TPSA) is 145 Å². The van der Waals surface area contributed by atoms with Crippen LogP contribution in [0, 0.1) is 6.92 Å². The number of ether oxygens (including phenoxy) is 2. The molecule has 4 rings (SSSR count).